The first-order chi connectivity index (χ1) is 10.5. The van der Waals surface area contributed by atoms with Crippen molar-refractivity contribution in [1.82, 2.24) is 14.9 Å². The van der Waals surface area contributed by atoms with Gasteiger partial charge in [-0.1, -0.05) is 28.4 Å². The summed E-state index contributed by atoms with van der Waals surface area (Å²) in [6.07, 6.45) is 1.35. The lowest BCUT2D eigenvalue weighted by Crippen LogP contribution is -2.52. The van der Waals surface area contributed by atoms with E-state index in [1.807, 2.05) is 7.05 Å². The third kappa shape index (κ3) is 2.98. The summed E-state index contributed by atoms with van der Waals surface area (Å²) in [5, 5.41) is 17.3. The lowest BCUT2D eigenvalue weighted by molar-refractivity contribution is -0.742. The van der Waals surface area contributed by atoms with Crippen molar-refractivity contribution in [3.05, 3.63) is 29.4 Å². The molecule has 1 aromatic carbocycles. The van der Waals surface area contributed by atoms with Crippen molar-refractivity contribution in [2.24, 2.45) is 0 Å². The van der Waals surface area contributed by atoms with E-state index in [4.69, 9.17) is 11.6 Å². The molecular weight excluding hydrogens is 304 g/mol. The molecule has 0 radical (unpaired) electrons. The maximum absolute atomic E-state index is 12.3. The number of aromatic nitrogens is 2. The van der Waals surface area contributed by atoms with Gasteiger partial charge in [0.25, 0.3) is 12.5 Å². The summed E-state index contributed by atoms with van der Waals surface area (Å²) < 4.78 is 1.39. The van der Waals surface area contributed by atoms with Crippen LogP contribution in [0.4, 0.5) is 0 Å². The molecular formula is C15H17ClN4O2. The molecule has 1 amide bonds. The number of carbonyl (C=O) groups is 1. The highest BCUT2D eigenvalue weighted by molar-refractivity contribution is 6.35. The van der Waals surface area contributed by atoms with Crippen LogP contribution in [-0.4, -0.2) is 54.0 Å². The number of likely N-dealkylation sites (N-methyl/N-ethyl adjacent to an activating group) is 1. The first-order valence-corrected chi connectivity index (χ1v) is 7.55. The maximum Gasteiger partial charge on any atom is 0.291 e. The fraction of sp³-hybridized carbons (Fsp3) is 0.400. The molecule has 22 heavy (non-hydrogen) atoms. The van der Waals surface area contributed by atoms with Gasteiger partial charge in [0.05, 0.1) is 5.02 Å². The van der Waals surface area contributed by atoms with Crippen molar-refractivity contribution < 1.29 is 14.6 Å². The van der Waals surface area contributed by atoms with Gasteiger partial charge in [0.15, 0.2) is 11.7 Å². The molecule has 116 valence electrons. The quantitative estimate of drug-likeness (QED) is 0.732. The molecule has 1 aromatic heterocycles. The number of amides is 1. The van der Waals surface area contributed by atoms with E-state index in [1.165, 1.54) is 10.9 Å². The van der Waals surface area contributed by atoms with Gasteiger partial charge in [-0.05, 0) is 18.9 Å². The highest BCUT2D eigenvalue weighted by Crippen LogP contribution is 2.24. The van der Waals surface area contributed by atoms with Crippen LogP contribution in [0.5, 0.6) is 5.75 Å². The maximum atomic E-state index is 12.3. The largest absolute Gasteiger partial charge is 0.868 e. The molecule has 7 heteroatoms. The Morgan fingerprint density at radius 2 is 2.09 bits per heavy atom. The minimum Gasteiger partial charge on any atom is -0.868 e. The second-order valence-electron chi connectivity index (χ2n) is 5.51. The minimum absolute atomic E-state index is 0.0311. The first kappa shape index (κ1) is 15.0. The molecule has 1 saturated heterocycles. The van der Waals surface area contributed by atoms with Crippen LogP contribution < -0.4 is 9.79 Å². The highest BCUT2D eigenvalue weighted by atomic mass is 35.5. The lowest BCUT2D eigenvalue weighted by Gasteiger charge is -2.31. The molecule has 1 aliphatic rings. The van der Waals surface area contributed by atoms with Crippen molar-refractivity contribution in [2.45, 2.75) is 6.54 Å². The minimum atomic E-state index is -0.182. The van der Waals surface area contributed by atoms with E-state index in [1.54, 1.807) is 23.1 Å². The van der Waals surface area contributed by atoms with Crippen LogP contribution in [0.1, 0.15) is 0 Å². The van der Waals surface area contributed by atoms with E-state index in [9.17, 15) is 9.90 Å². The number of carbonyl (C=O) groups excluding carboxylic acids is 1. The number of rotatable bonds is 2. The number of nitrogens with zero attached hydrogens (tertiary/aromatic N) is 4. The fourth-order valence-corrected chi connectivity index (χ4v) is 2.77. The summed E-state index contributed by atoms with van der Waals surface area (Å²) in [6, 6.07) is 5.08. The van der Waals surface area contributed by atoms with Gasteiger partial charge in [-0.15, -0.1) is 0 Å². The highest BCUT2D eigenvalue weighted by Gasteiger charge is 2.23. The summed E-state index contributed by atoms with van der Waals surface area (Å²) >= 11 is 6.09. The topological polar surface area (TPSA) is 63.4 Å². The van der Waals surface area contributed by atoms with Crippen molar-refractivity contribution >= 4 is 28.4 Å². The molecule has 2 heterocycles. The Kier molecular flexibility index (Phi) is 4.13. The zero-order valence-corrected chi connectivity index (χ0v) is 13.1. The number of piperazine rings is 1. The Labute approximate surface area is 133 Å². The van der Waals surface area contributed by atoms with E-state index < -0.39 is 0 Å². The SMILES string of the molecule is CN1CCN(C(=O)C[n+]2cc([O-])c3cccc(Cl)c3n2)CC1. The Hall–Kier alpha value is -1.92. The number of halogens is 1. The zero-order chi connectivity index (χ0) is 15.7. The second kappa shape index (κ2) is 6.06. The van der Waals surface area contributed by atoms with Crippen LogP contribution in [0.2, 0.25) is 5.02 Å². The summed E-state index contributed by atoms with van der Waals surface area (Å²) in [6.45, 7) is 3.18. The summed E-state index contributed by atoms with van der Waals surface area (Å²) in [5.41, 5.74) is 0.433. The molecule has 0 bridgehead atoms. The van der Waals surface area contributed by atoms with Crippen molar-refractivity contribution in [3.63, 3.8) is 0 Å². The predicted molar refractivity (Wildman–Crippen MR) is 80.5 cm³/mol. The monoisotopic (exact) mass is 320 g/mol. The Balaban J connectivity index is 1.82. The van der Waals surface area contributed by atoms with Crippen LogP contribution in [-0.2, 0) is 11.3 Å². The lowest BCUT2D eigenvalue weighted by atomic mass is 10.2. The van der Waals surface area contributed by atoms with Crippen LogP contribution in [0.15, 0.2) is 24.4 Å². The average molecular weight is 321 g/mol. The third-order valence-electron chi connectivity index (χ3n) is 3.90. The van der Waals surface area contributed by atoms with E-state index in [0.29, 0.717) is 29.0 Å². The van der Waals surface area contributed by atoms with Crippen LogP contribution in [0.25, 0.3) is 10.9 Å². The van der Waals surface area contributed by atoms with Crippen molar-refractivity contribution in [2.75, 3.05) is 33.2 Å². The molecule has 0 spiro atoms. The molecule has 2 aromatic rings. The third-order valence-corrected chi connectivity index (χ3v) is 4.21. The van der Waals surface area contributed by atoms with Gasteiger partial charge in [-0.25, -0.2) is 0 Å². The van der Waals surface area contributed by atoms with Gasteiger partial charge in [0.1, 0.15) is 0 Å². The molecule has 0 saturated carbocycles. The summed E-state index contributed by atoms with van der Waals surface area (Å²) in [5.74, 6) is -0.213. The fourth-order valence-electron chi connectivity index (χ4n) is 2.55. The Morgan fingerprint density at radius 3 is 2.82 bits per heavy atom. The number of hydrogen-bond acceptors (Lipinski definition) is 4. The van der Waals surface area contributed by atoms with E-state index in [0.717, 1.165) is 13.1 Å². The zero-order valence-electron chi connectivity index (χ0n) is 12.3. The van der Waals surface area contributed by atoms with Crippen molar-refractivity contribution in [1.29, 1.82) is 0 Å². The molecule has 0 aliphatic carbocycles. The number of fused-ring (bicyclic) bond motifs is 1. The van der Waals surface area contributed by atoms with Crippen molar-refractivity contribution in [3.8, 4) is 5.75 Å². The van der Waals surface area contributed by atoms with Gasteiger partial charge in [-0.2, -0.15) is 0 Å². The van der Waals surface area contributed by atoms with Gasteiger partial charge >= 0.3 is 0 Å². The molecule has 0 unspecified atom stereocenters. The van der Waals surface area contributed by atoms with Crippen LogP contribution in [0.3, 0.4) is 0 Å². The molecule has 6 nitrogen and oxygen atoms in total. The molecule has 1 fully saturated rings. The van der Waals surface area contributed by atoms with Crippen LogP contribution >= 0.6 is 11.6 Å². The average Bonchev–Trinajstić information content (AvgIpc) is 2.49. The Bertz CT molecular complexity index is 714. The summed E-state index contributed by atoms with van der Waals surface area (Å²) in [7, 11) is 2.03. The van der Waals surface area contributed by atoms with E-state index in [2.05, 4.69) is 10.00 Å². The van der Waals surface area contributed by atoms with Gasteiger partial charge < -0.3 is 14.9 Å². The predicted octanol–water partition coefficient (Wildman–Crippen LogP) is 0.0233. The number of benzene rings is 1. The van der Waals surface area contributed by atoms with Gasteiger partial charge in [0.2, 0.25) is 0 Å². The molecule has 0 N–H and O–H groups in total. The normalized spacial score (nSPS) is 16.2. The number of hydrogen-bond donors (Lipinski definition) is 0. The standard InChI is InChI=1S/C15H17ClN4O2/c1-18-5-7-19(8-6-18)14(22)10-20-9-13(21)11-3-2-4-12(16)15(11)17-20/h2-4,9H,5-8,10H2,1H3. The van der Waals surface area contributed by atoms with E-state index in [-0.39, 0.29) is 18.2 Å². The second-order valence-corrected chi connectivity index (χ2v) is 5.92. The van der Waals surface area contributed by atoms with Crippen LogP contribution in [0, 0.1) is 0 Å². The molecule has 3 rings (SSSR count). The Morgan fingerprint density at radius 1 is 1.36 bits per heavy atom. The molecule has 1 aliphatic heterocycles. The van der Waals surface area contributed by atoms with Gasteiger partial charge in [-0.3, -0.25) is 4.79 Å². The summed E-state index contributed by atoms with van der Waals surface area (Å²) in [4.78, 5) is 16.3. The van der Waals surface area contributed by atoms with Gasteiger partial charge in [0, 0.05) is 36.7 Å². The molecule has 0 atom stereocenters. The first-order valence-electron chi connectivity index (χ1n) is 7.17. The van der Waals surface area contributed by atoms with E-state index >= 15 is 0 Å². The smallest absolute Gasteiger partial charge is 0.291 e.